The monoisotopic (exact) mass is 351 g/mol. The molecule has 3 atom stereocenters. The van der Waals surface area contributed by atoms with Gasteiger partial charge in [0, 0.05) is 25.2 Å². The molecular weight excluding hydrogens is 318 g/mol. The van der Waals surface area contributed by atoms with Crippen LogP contribution in [0.4, 0.5) is 0 Å². The second kappa shape index (κ2) is 8.39. The van der Waals surface area contributed by atoms with Crippen molar-refractivity contribution < 1.29 is 19.3 Å². The smallest absolute Gasteiger partial charge is 0.123 e. The predicted molar refractivity (Wildman–Crippen MR) is 99.6 cm³/mol. The van der Waals surface area contributed by atoms with Crippen LogP contribution in [0.25, 0.3) is 0 Å². The fourth-order valence-corrected chi connectivity index (χ4v) is 3.32. The summed E-state index contributed by atoms with van der Waals surface area (Å²) in [6.45, 7) is 13.1. The third kappa shape index (κ3) is 5.87. The van der Waals surface area contributed by atoms with Gasteiger partial charge in [0.05, 0.1) is 19.3 Å². The standard InChI is InChI=1S/C20H33NO4/c1-14-10-21(11-15(2)25-14)12-16(22)13-24-19-8-7-17(23-6)9-18(19)20(3,4)5/h7-9,14-16,22H,10-13H2,1-6H3. The molecule has 0 bridgehead atoms. The second-order valence-corrected chi connectivity index (χ2v) is 8.05. The first kappa shape index (κ1) is 20.0. The minimum absolute atomic E-state index is 0.0656. The number of aliphatic hydroxyl groups is 1. The van der Waals surface area contributed by atoms with E-state index in [1.165, 1.54) is 0 Å². The van der Waals surface area contributed by atoms with Crippen molar-refractivity contribution in [3.63, 3.8) is 0 Å². The summed E-state index contributed by atoms with van der Waals surface area (Å²) >= 11 is 0. The molecule has 1 saturated heterocycles. The predicted octanol–water partition coefficient (Wildman–Crippen LogP) is 2.84. The largest absolute Gasteiger partial charge is 0.497 e. The zero-order valence-electron chi connectivity index (χ0n) is 16.4. The molecule has 0 aromatic heterocycles. The number of benzene rings is 1. The lowest BCUT2D eigenvalue weighted by Gasteiger charge is -2.36. The summed E-state index contributed by atoms with van der Waals surface area (Å²) in [4.78, 5) is 2.24. The molecule has 3 unspecified atom stereocenters. The van der Waals surface area contributed by atoms with Crippen LogP contribution in [-0.4, -0.2) is 61.7 Å². The maximum atomic E-state index is 10.4. The van der Waals surface area contributed by atoms with Crippen LogP contribution < -0.4 is 9.47 Å². The van der Waals surface area contributed by atoms with Crippen LogP contribution in [-0.2, 0) is 10.2 Å². The van der Waals surface area contributed by atoms with Gasteiger partial charge in [-0.1, -0.05) is 20.8 Å². The molecule has 1 aliphatic rings. The number of morpholine rings is 1. The van der Waals surface area contributed by atoms with Crippen molar-refractivity contribution in [1.82, 2.24) is 4.90 Å². The fourth-order valence-electron chi connectivity index (χ4n) is 3.32. The number of rotatable bonds is 6. The van der Waals surface area contributed by atoms with Crippen molar-refractivity contribution in [2.24, 2.45) is 0 Å². The van der Waals surface area contributed by atoms with Gasteiger partial charge in [-0.25, -0.2) is 0 Å². The highest BCUT2D eigenvalue weighted by Crippen LogP contribution is 2.34. The lowest BCUT2D eigenvalue weighted by molar-refractivity contribution is -0.0787. The van der Waals surface area contributed by atoms with Crippen LogP contribution in [0.5, 0.6) is 11.5 Å². The van der Waals surface area contributed by atoms with Crippen molar-refractivity contribution in [3.8, 4) is 11.5 Å². The van der Waals surface area contributed by atoms with Crippen molar-refractivity contribution in [2.45, 2.75) is 58.3 Å². The Hall–Kier alpha value is -1.30. The molecule has 1 aromatic rings. The van der Waals surface area contributed by atoms with Gasteiger partial charge in [0.15, 0.2) is 0 Å². The molecule has 0 radical (unpaired) electrons. The molecule has 1 aliphatic heterocycles. The number of hydrogen-bond acceptors (Lipinski definition) is 5. The summed E-state index contributed by atoms with van der Waals surface area (Å²) < 4.78 is 17.0. The van der Waals surface area contributed by atoms with Crippen LogP contribution >= 0.6 is 0 Å². The van der Waals surface area contributed by atoms with E-state index in [-0.39, 0.29) is 24.2 Å². The van der Waals surface area contributed by atoms with Crippen LogP contribution in [0.1, 0.15) is 40.2 Å². The molecule has 5 heteroatoms. The summed E-state index contributed by atoms with van der Waals surface area (Å²) in [5.74, 6) is 1.62. The van der Waals surface area contributed by atoms with E-state index < -0.39 is 6.10 Å². The van der Waals surface area contributed by atoms with Gasteiger partial charge in [-0.2, -0.15) is 0 Å². The van der Waals surface area contributed by atoms with Crippen molar-refractivity contribution >= 4 is 0 Å². The highest BCUT2D eigenvalue weighted by Gasteiger charge is 2.25. The Balaban J connectivity index is 1.96. The molecular formula is C20H33NO4. The molecule has 25 heavy (non-hydrogen) atoms. The lowest BCUT2D eigenvalue weighted by Crippen LogP contribution is -2.48. The van der Waals surface area contributed by atoms with Gasteiger partial charge in [-0.05, 0) is 37.5 Å². The third-order valence-electron chi connectivity index (χ3n) is 4.39. The van der Waals surface area contributed by atoms with E-state index in [0.717, 1.165) is 30.2 Å². The number of nitrogens with zero attached hydrogens (tertiary/aromatic N) is 1. The van der Waals surface area contributed by atoms with Crippen molar-refractivity contribution in [3.05, 3.63) is 23.8 Å². The SMILES string of the molecule is COc1ccc(OCC(O)CN2CC(C)OC(C)C2)c(C(C)(C)C)c1. The number of aliphatic hydroxyl groups excluding tert-OH is 1. The number of hydrogen-bond donors (Lipinski definition) is 1. The topological polar surface area (TPSA) is 51.2 Å². The van der Waals surface area contributed by atoms with Gasteiger partial charge in [0.25, 0.3) is 0 Å². The summed E-state index contributed by atoms with van der Waals surface area (Å²) in [6.07, 6.45) is -0.135. The minimum atomic E-state index is -0.535. The van der Waals surface area contributed by atoms with Crippen molar-refractivity contribution in [1.29, 1.82) is 0 Å². The highest BCUT2D eigenvalue weighted by molar-refractivity contribution is 5.44. The number of β-amino-alcohol motifs (C(OH)–C–C–N with tert-alkyl or cyclic N) is 1. The summed E-state index contributed by atoms with van der Waals surface area (Å²) in [7, 11) is 1.66. The van der Waals surface area contributed by atoms with E-state index in [1.807, 2.05) is 18.2 Å². The molecule has 2 rings (SSSR count). The van der Waals surface area contributed by atoms with Crippen LogP contribution in [0.2, 0.25) is 0 Å². The molecule has 142 valence electrons. The quantitative estimate of drug-likeness (QED) is 0.854. The number of methoxy groups -OCH3 is 1. The van der Waals surface area contributed by atoms with Crippen LogP contribution in [0, 0.1) is 0 Å². The Kier molecular flexibility index (Phi) is 6.72. The maximum absolute atomic E-state index is 10.4. The molecule has 1 fully saturated rings. The van der Waals surface area contributed by atoms with E-state index in [2.05, 4.69) is 39.5 Å². The van der Waals surface area contributed by atoms with E-state index in [0.29, 0.717) is 6.54 Å². The van der Waals surface area contributed by atoms with Gasteiger partial charge >= 0.3 is 0 Å². The molecule has 1 aromatic carbocycles. The first-order chi connectivity index (χ1) is 11.7. The van der Waals surface area contributed by atoms with Crippen LogP contribution in [0.15, 0.2) is 18.2 Å². The van der Waals surface area contributed by atoms with Gasteiger partial charge < -0.3 is 19.3 Å². The molecule has 5 nitrogen and oxygen atoms in total. The molecule has 0 spiro atoms. The average molecular weight is 351 g/mol. The second-order valence-electron chi connectivity index (χ2n) is 8.05. The van der Waals surface area contributed by atoms with Crippen molar-refractivity contribution in [2.75, 3.05) is 33.4 Å². The lowest BCUT2D eigenvalue weighted by atomic mass is 9.86. The van der Waals surface area contributed by atoms with Gasteiger partial charge in [-0.15, -0.1) is 0 Å². The summed E-state index contributed by atoms with van der Waals surface area (Å²) in [6, 6.07) is 5.82. The summed E-state index contributed by atoms with van der Waals surface area (Å²) in [5.41, 5.74) is 1.01. The van der Waals surface area contributed by atoms with Gasteiger partial charge in [-0.3, -0.25) is 4.90 Å². The average Bonchev–Trinajstić information content (AvgIpc) is 2.50. The molecule has 0 amide bonds. The molecule has 1 N–H and O–H groups in total. The fraction of sp³-hybridized carbons (Fsp3) is 0.700. The highest BCUT2D eigenvalue weighted by atomic mass is 16.5. The number of ether oxygens (including phenoxy) is 3. The van der Waals surface area contributed by atoms with Gasteiger partial charge in [0.1, 0.15) is 24.2 Å². The zero-order chi connectivity index (χ0) is 18.6. The first-order valence-electron chi connectivity index (χ1n) is 9.06. The molecule has 0 aliphatic carbocycles. The Morgan fingerprint density at radius 2 is 1.88 bits per heavy atom. The first-order valence-corrected chi connectivity index (χ1v) is 9.06. The van der Waals surface area contributed by atoms with E-state index >= 15 is 0 Å². The normalized spacial score (nSPS) is 23.3. The summed E-state index contributed by atoms with van der Waals surface area (Å²) in [5, 5.41) is 10.4. The minimum Gasteiger partial charge on any atom is -0.497 e. The maximum Gasteiger partial charge on any atom is 0.123 e. The zero-order valence-corrected chi connectivity index (χ0v) is 16.4. The Labute approximate surface area is 151 Å². The van der Waals surface area contributed by atoms with E-state index in [9.17, 15) is 5.11 Å². The van der Waals surface area contributed by atoms with Crippen LogP contribution in [0.3, 0.4) is 0 Å². The molecule has 1 heterocycles. The van der Waals surface area contributed by atoms with E-state index in [1.54, 1.807) is 7.11 Å². The third-order valence-corrected chi connectivity index (χ3v) is 4.39. The Morgan fingerprint density at radius 3 is 2.44 bits per heavy atom. The van der Waals surface area contributed by atoms with E-state index in [4.69, 9.17) is 14.2 Å². The molecule has 0 saturated carbocycles. The Morgan fingerprint density at radius 1 is 1.24 bits per heavy atom. The Bertz CT molecular complexity index is 545. The van der Waals surface area contributed by atoms with Gasteiger partial charge in [0.2, 0.25) is 0 Å².